The molecular weight excluding hydrogens is 1050 g/mol. The van der Waals surface area contributed by atoms with E-state index in [1.165, 1.54) is 13.8 Å². The van der Waals surface area contributed by atoms with E-state index in [-0.39, 0.29) is 103 Å². The number of hydrogen-bond donors (Lipinski definition) is 5. The van der Waals surface area contributed by atoms with E-state index < -0.39 is 30.2 Å². The van der Waals surface area contributed by atoms with Gasteiger partial charge in [0.25, 0.3) is 11.8 Å². The lowest BCUT2D eigenvalue weighted by molar-refractivity contribution is -0.140. The summed E-state index contributed by atoms with van der Waals surface area (Å²) in [6, 6.07) is 27.3. The predicted octanol–water partition coefficient (Wildman–Crippen LogP) is 6.81. The fourth-order valence-corrected chi connectivity index (χ4v) is 13.0. The molecule has 7 atom stereocenters. The molecule has 2 heterocycles. The number of carbonyl (C=O) groups excluding carboxylic acids is 8. The van der Waals surface area contributed by atoms with Crippen molar-refractivity contribution in [3.05, 3.63) is 119 Å². The molecule has 5 N–H and O–H groups in total. The highest BCUT2D eigenvalue weighted by atomic mass is 16.2. The van der Waals surface area contributed by atoms with E-state index in [9.17, 15) is 24.0 Å². The van der Waals surface area contributed by atoms with Gasteiger partial charge in [-0.05, 0) is 123 Å². The standard InChI is InChI=1S/C66H89N9O8/c1-43(2)61(78)70-59(49-23-15-9-16-24-49)65(82)74-39-55(68-45(4)76)37-57(74)41-72(33-31-47-19-11-7-12-20-47)63(80)53-29-27-52-36-54(30-28-51(52)35-53)64(81)73(34-32-48-21-13-8-14-22-48)42-58-38-56(69-46(5)77)40-75(58)66(83)60(50-25-17-10-18-26-50)71-62(79)44(3)67-6/h7-8,11-14,19-22,27-30,35-36,43-44,49-50,55-60,67H,9-10,15-18,23-26,31-34,37-42H2,1-6H3,(H,68,76)(H,69,77)(H,70,78)(H,71,79)/t44-,55-,56-,57-,58-,59-,60-/m0/s1. The first-order chi connectivity index (χ1) is 40.0. The number of nitrogens with one attached hydrogen (secondary N) is 5. The summed E-state index contributed by atoms with van der Waals surface area (Å²) in [5, 5.41) is 16.8. The van der Waals surface area contributed by atoms with Crippen LogP contribution in [0.5, 0.6) is 0 Å². The third-order valence-electron chi connectivity index (χ3n) is 17.7. The zero-order chi connectivity index (χ0) is 59.2. The van der Waals surface area contributed by atoms with Crippen molar-refractivity contribution in [1.82, 2.24) is 46.2 Å². The Kier molecular flexibility index (Phi) is 21.9. The van der Waals surface area contributed by atoms with Crippen LogP contribution in [0.1, 0.15) is 144 Å². The second-order valence-electron chi connectivity index (χ2n) is 24.2. The van der Waals surface area contributed by atoms with E-state index in [2.05, 4.69) is 26.6 Å². The summed E-state index contributed by atoms with van der Waals surface area (Å²) in [6.45, 7) is 9.94. The average molecular weight is 1140 g/mol. The highest BCUT2D eigenvalue weighted by molar-refractivity contribution is 6.02. The maximum absolute atomic E-state index is 15.1. The SMILES string of the molecule is CN[C@@H](C)C(=O)N[C@H](C(=O)N1C[C@@H](NC(C)=O)C[C@H]1CN(CCc1ccccc1)C(=O)c1ccc2cc(C(=O)N(CCc3ccccc3)C[C@@H]3C[C@H](NC(C)=O)CN3C(=O)[C@@H](NC(=O)C(C)C)C3CCCCC3)ccc2c1)C1CCCCC1. The molecule has 0 radical (unpaired) electrons. The van der Waals surface area contributed by atoms with Crippen LogP contribution >= 0.6 is 0 Å². The second-order valence-corrected chi connectivity index (χ2v) is 24.2. The molecule has 446 valence electrons. The lowest BCUT2D eigenvalue weighted by Crippen LogP contribution is -2.57. The van der Waals surface area contributed by atoms with Crippen LogP contribution < -0.4 is 26.6 Å². The van der Waals surface area contributed by atoms with Gasteiger partial charge in [-0.25, -0.2) is 0 Å². The summed E-state index contributed by atoms with van der Waals surface area (Å²) in [6.07, 6.45) is 11.3. The molecule has 0 aromatic heterocycles. The van der Waals surface area contributed by atoms with Crippen molar-refractivity contribution >= 4 is 58.0 Å². The molecule has 0 bridgehead atoms. The predicted molar refractivity (Wildman–Crippen MR) is 322 cm³/mol. The minimum absolute atomic E-state index is 0.0174. The van der Waals surface area contributed by atoms with Crippen molar-refractivity contribution in [2.24, 2.45) is 17.8 Å². The van der Waals surface area contributed by atoms with E-state index in [0.717, 1.165) is 86.1 Å². The van der Waals surface area contributed by atoms with Crippen LogP contribution in [0.3, 0.4) is 0 Å². The quantitative estimate of drug-likeness (QED) is 0.0528. The van der Waals surface area contributed by atoms with Gasteiger partial charge in [0.15, 0.2) is 0 Å². The first kappa shape index (κ1) is 61.9. The third-order valence-corrected chi connectivity index (χ3v) is 17.7. The van der Waals surface area contributed by atoms with Gasteiger partial charge >= 0.3 is 0 Å². The number of hydrogen-bond acceptors (Lipinski definition) is 9. The number of fused-ring (bicyclic) bond motifs is 1. The van der Waals surface area contributed by atoms with Crippen molar-refractivity contribution in [3.63, 3.8) is 0 Å². The lowest BCUT2D eigenvalue weighted by atomic mass is 9.83. The zero-order valence-electron chi connectivity index (χ0n) is 49.7. The summed E-state index contributed by atoms with van der Waals surface area (Å²) >= 11 is 0. The summed E-state index contributed by atoms with van der Waals surface area (Å²) < 4.78 is 0. The number of likely N-dealkylation sites (N-methyl/N-ethyl adjacent to an activating group) is 1. The van der Waals surface area contributed by atoms with Crippen molar-refractivity contribution < 1.29 is 38.4 Å². The minimum atomic E-state index is -0.753. The molecule has 83 heavy (non-hydrogen) atoms. The van der Waals surface area contributed by atoms with E-state index in [4.69, 9.17) is 0 Å². The highest BCUT2D eigenvalue weighted by Crippen LogP contribution is 2.33. The molecule has 4 fully saturated rings. The van der Waals surface area contributed by atoms with Gasteiger partial charge in [0.05, 0.1) is 18.1 Å². The monoisotopic (exact) mass is 1140 g/mol. The van der Waals surface area contributed by atoms with Gasteiger partial charge in [-0.2, -0.15) is 0 Å². The largest absolute Gasteiger partial charge is 0.352 e. The third kappa shape index (κ3) is 16.6. The fraction of sp³-hybridized carbons (Fsp3) is 0.545. The number of benzene rings is 4. The highest BCUT2D eigenvalue weighted by Gasteiger charge is 2.45. The Morgan fingerprint density at radius 3 is 1.30 bits per heavy atom. The molecule has 2 aliphatic carbocycles. The average Bonchev–Trinajstić information content (AvgIpc) is 4.32. The smallest absolute Gasteiger partial charge is 0.253 e. The van der Waals surface area contributed by atoms with E-state index in [1.807, 2.05) is 104 Å². The molecule has 17 nitrogen and oxygen atoms in total. The molecule has 2 saturated heterocycles. The van der Waals surface area contributed by atoms with Crippen LogP contribution in [0.15, 0.2) is 97.1 Å². The van der Waals surface area contributed by atoms with Crippen LogP contribution in [-0.2, 0) is 41.6 Å². The molecule has 8 amide bonds. The van der Waals surface area contributed by atoms with E-state index in [0.29, 0.717) is 49.9 Å². The van der Waals surface area contributed by atoms with Gasteiger partial charge < -0.3 is 46.2 Å². The molecule has 4 aliphatic rings. The molecule has 4 aromatic carbocycles. The van der Waals surface area contributed by atoms with Gasteiger partial charge in [0, 0.05) is 82.2 Å². The molecule has 8 rings (SSSR count). The summed E-state index contributed by atoms with van der Waals surface area (Å²) in [5.41, 5.74) is 2.98. The zero-order valence-corrected chi connectivity index (χ0v) is 49.7. The van der Waals surface area contributed by atoms with E-state index in [1.54, 1.807) is 40.8 Å². The molecule has 0 spiro atoms. The van der Waals surface area contributed by atoms with Gasteiger partial charge in [0.1, 0.15) is 12.1 Å². The minimum Gasteiger partial charge on any atom is -0.352 e. The van der Waals surface area contributed by atoms with Gasteiger partial charge in [-0.15, -0.1) is 0 Å². The van der Waals surface area contributed by atoms with Crippen LogP contribution in [0.4, 0.5) is 0 Å². The Labute approximate surface area is 490 Å². The summed E-state index contributed by atoms with van der Waals surface area (Å²) in [5.74, 6) is -2.06. The van der Waals surface area contributed by atoms with Crippen LogP contribution in [0.2, 0.25) is 0 Å². The van der Waals surface area contributed by atoms with E-state index >= 15 is 14.4 Å². The molecule has 17 heteroatoms. The molecule has 2 aliphatic heterocycles. The first-order valence-electron chi connectivity index (χ1n) is 30.6. The number of likely N-dealkylation sites (tertiary alicyclic amines) is 2. The lowest BCUT2D eigenvalue weighted by Gasteiger charge is -2.37. The number of nitrogens with zero attached hydrogens (tertiary/aromatic N) is 4. The molecule has 2 saturated carbocycles. The Morgan fingerprint density at radius 1 is 0.530 bits per heavy atom. The van der Waals surface area contributed by atoms with Crippen molar-refractivity contribution in [2.75, 3.05) is 46.3 Å². The van der Waals surface area contributed by atoms with Crippen LogP contribution in [-0.4, -0.2) is 155 Å². The molecular formula is C66H89N9O8. The normalized spacial score (nSPS) is 20.5. The van der Waals surface area contributed by atoms with Crippen molar-refractivity contribution in [3.8, 4) is 0 Å². The number of amides is 8. The van der Waals surface area contributed by atoms with Crippen molar-refractivity contribution in [1.29, 1.82) is 0 Å². The molecule has 0 unspecified atom stereocenters. The summed E-state index contributed by atoms with van der Waals surface area (Å²) in [7, 11) is 1.71. The molecule has 4 aromatic rings. The Hall–Kier alpha value is -7.14. The maximum Gasteiger partial charge on any atom is 0.253 e. The Bertz CT molecular complexity index is 2890. The maximum atomic E-state index is 15.1. The van der Waals surface area contributed by atoms with Gasteiger partial charge in [0.2, 0.25) is 35.4 Å². The Morgan fingerprint density at radius 2 is 0.928 bits per heavy atom. The van der Waals surface area contributed by atoms with Crippen molar-refractivity contribution in [2.45, 2.75) is 167 Å². The second kappa shape index (κ2) is 29.4. The van der Waals surface area contributed by atoms with Gasteiger partial charge in [-0.1, -0.05) is 125 Å². The van der Waals surface area contributed by atoms with Gasteiger partial charge in [-0.3, -0.25) is 38.4 Å². The Balaban J connectivity index is 1.07. The number of rotatable bonds is 23. The van der Waals surface area contributed by atoms with Crippen LogP contribution in [0.25, 0.3) is 10.8 Å². The van der Waals surface area contributed by atoms with Crippen LogP contribution in [0, 0.1) is 17.8 Å². The first-order valence-corrected chi connectivity index (χ1v) is 30.6. The fourth-order valence-electron chi connectivity index (χ4n) is 13.0. The summed E-state index contributed by atoms with van der Waals surface area (Å²) in [4.78, 5) is 119. The number of carbonyl (C=O) groups is 8. The topological polar surface area (TPSA) is 210 Å².